The van der Waals surface area contributed by atoms with Crippen LogP contribution in [0.4, 0.5) is 0 Å². The van der Waals surface area contributed by atoms with Crippen molar-refractivity contribution in [2.45, 2.75) is 37.5 Å². The van der Waals surface area contributed by atoms with Gasteiger partial charge >= 0.3 is 0 Å². The van der Waals surface area contributed by atoms with Gasteiger partial charge in [-0.1, -0.05) is 0 Å². The first kappa shape index (κ1) is 7.93. The highest BCUT2D eigenvalue weighted by Gasteiger charge is 2.23. The first-order chi connectivity index (χ1) is 5.47. The van der Waals surface area contributed by atoms with Crippen molar-refractivity contribution in [3.05, 3.63) is 0 Å². The molecule has 1 nitrogen and oxygen atoms in total. The van der Waals surface area contributed by atoms with Crippen LogP contribution >= 0.6 is 10.9 Å². The van der Waals surface area contributed by atoms with Gasteiger partial charge in [0, 0.05) is 6.61 Å². The Morgan fingerprint density at radius 3 is 2.45 bits per heavy atom. The van der Waals surface area contributed by atoms with Crippen LogP contribution in [0.5, 0.6) is 0 Å². The molecule has 0 aromatic rings. The van der Waals surface area contributed by atoms with Crippen LogP contribution in [0.2, 0.25) is 0 Å². The molecular weight excluding hydrogens is 156 g/mol. The lowest BCUT2D eigenvalue weighted by atomic mass is 10.2. The van der Waals surface area contributed by atoms with E-state index in [2.05, 4.69) is 0 Å². The molecule has 2 heterocycles. The number of ether oxygens (including phenoxy) is 1. The molecule has 1 unspecified atom stereocenters. The third-order valence-corrected chi connectivity index (χ3v) is 5.71. The molecule has 1 atom stereocenters. The Morgan fingerprint density at radius 1 is 1.00 bits per heavy atom. The predicted molar refractivity (Wildman–Crippen MR) is 51.5 cm³/mol. The minimum absolute atomic E-state index is 0.314. The Bertz CT molecular complexity index is 115. The monoisotopic (exact) mass is 174 g/mol. The van der Waals surface area contributed by atoms with Crippen LogP contribution in [0, 0.1) is 0 Å². The minimum atomic E-state index is 0.314. The highest BCUT2D eigenvalue weighted by atomic mass is 32.2. The zero-order chi connectivity index (χ0) is 7.52. The van der Waals surface area contributed by atoms with Crippen LogP contribution in [-0.4, -0.2) is 23.5 Å². The number of hydrogen-bond acceptors (Lipinski definition) is 1. The molecule has 0 radical (unpaired) electrons. The van der Waals surface area contributed by atoms with Gasteiger partial charge < -0.3 is 4.74 Å². The lowest BCUT2D eigenvalue weighted by Gasteiger charge is -2.30. The summed E-state index contributed by atoms with van der Waals surface area (Å²) in [4.78, 5) is 0. The fraction of sp³-hybridized carbons (Fsp3) is 1.00. The largest absolute Gasteiger partial charge is 0.369 e. The molecule has 0 aliphatic carbocycles. The molecule has 0 spiro atoms. The van der Waals surface area contributed by atoms with Gasteiger partial charge in [-0.05, 0) is 43.6 Å². The number of hydrogen-bond donors (Lipinski definition) is 1. The third kappa shape index (κ3) is 1.91. The van der Waals surface area contributed by atoms with Crippen molar-refractivity contribution < 1.29 is 4.74 Å². The molecule has 0 saturated carbocycles. The molecule has 2 aliphatic rings. The summed E-state index contributed by atoms with van der Waals surface area (Å²) in [6.45, 7) is 1.05. The van der Waals surface area contributed by atoms with Crippen molar-refractivity contribution >= 4 is 10.9 Å². The first-order valence-electron chi connectivity index (χ1n) is 4.82. The van der Waals surface area contributed by atoms with Gasteiger partial charge in [-0.15, -0.1) is 0 Å². The Morgan fingerprint density at radius 2 is 1.82 bits per heavy atom. The molecule has 0 N–H and O–H groups in total. The van der Waals surface area contributed by atoms with Gasteiger partial charge in [-0.3, -0.25) is 0 Å². The van der Waals surface area contributed by atoms with Crippen LogP contribution in [0.3, 0.4) is 0 Å². The normalized spacial score (nSPS) is 36.0. The summed E-state index contributed by atoms with van der Waals surface area (Å²) in [6.07, 6.45) is 7.05. The van der Waals surface area contributed by atoms with Crippen LogP contribution in [0.1, 0.15) is 32.1 Å². The summed E-state index contributed by atoms with van der Waals surface area (Å²) in [5, 5.41) is 0. The summed E-state index contributed by atoms with van der Waals surface area (Å²) >= 11 is 0. The molecule has 11 heavy (non-hydrogen) atoms. The van der Waals surface area contributed by atoms with E-state index in [0.29, 0.717) is 16.3 Å². The van der Waals surface area contributed by atoms with Crippen molar-refractivity contribution in [1.82, 2.24) is 0 Å². The average Bonchev–Trinajstić information content (AvgIpc) is 2.58. The van der Waals surface area contributed by atoms with E-state index in [1.807, 2.05) is 0 Å². The summed E-state index contributed by atoms with van der Waals surface area (Å²) in [5.41, 5.74) is 0.709. The second kappa shape index (κ2) is 3.81. The Labute approximate surface area is 71.9 Å². The fourth-order valence-electron chi connectivity index (χ4n) is 2.04. The van der Waals surface area contributed by atoms with E-state index in [4.69, 9.17) is 4.74 Å². The molecule has 0 amide bonds. The Balaban J connectivity index is 1.82. The molecule has 2 aliphatic heterocycles. The zero-order valence-corrected chi connectivity index (χ0v) is 7.98. The van der Waals surface area contributed by atoms with E-state index in [0.717, 1.165) is 6.61 Å². The van der Waals surface area contributed by atoms with E-state index in [9.17, 15) is 0 Å². The minimum Gasteiger partial charge on any atom is -0.369 e. The maximum Gasteiger partial charge on any atom is 0.0854 e. The van der Waals surface area contributed by atoms with Gasteiger partial charge in [0.15, 0.2) is 0 Å². The second-order valence-corrected chi connectivity index (χ2v) is 6.21. The summed E-state index contributed by atoms with van der Waals surface area (Å²) in [5.74, 6) is 3.00. The molecule has 2 fully saturated rings. The third-order valence-electron chi connectivity index (χ3n) is 2.70. The van der Waals surface area contributed by atoms with E-state index in [1.54, 1.807) is 0 Å². The fourth-order valence-corrected chi connectivity index (χ4v) is 4.96. The quantitative estimate of drug-likeness (QED) is 0.600. The summed E-state index contributed by atoms with van der Waals surface area (Å²) in [6, 6.07) is 0. The van der Waals surface area contributed by atoms with Crippen LogP contribution in [0.15, 0.2) is 0 Å². The molecule has 0 aromatic heterocycles. The van der Waals surface area contributed by atoms with Crippen molar-refractivity contribution in [2.24, 2.45) is 0 Å². The van der Waals surface area contributed by atoms with Gasteiger partial charge in [0.05, 0.1) is 5.44 Å². The molecular formula is C9H18OS. The van der Waals surface area contributed by atoms with Gasteiger partial charge in [0.2, 0.25) is 0 Å². The number of rotatable bonds is 1. The lowest BCUT2D eigenvalue weighted by Crippen LogP contribution is -2.19. The molecule has 2 saturated heterocycles. The van der Waals surface area contributed by atoms with Gasteiger partial charge in [0.25, 0.3) is 0 Å². The Hall–Kier alpha value is 0.310. The molecule has 2 rings (SSSR count). The van der Waals surface area contributed by atoms with Crippen LogP contribution in [-0.2, 0) is 4.74 Å². The van der Waals surface area contributed by atoms with Crippen molar-refractivity contribution in [3.8, 4) is 0 Å². The maximum absolute atomic E-state index is 5.79. The predicted octanol–water partition coefficient (Wildman–Crippen LogP) is 2.31. The zero-order valence-electron chi connectivity index (χ0n) is 7.09. The molecule has 0 aromatic carbocycles. The Kier molecular flexibility index (Phi) is 2.75. The summed E-state index contributed by atoms with van der Waals surface area (Å²) in [7, 11) is 0.314. The standard InChI is InChI=1S/C9H18OS/c1-2-6-10-9(5-1)11-7-3-4-8-11/h9,11H,1-8H2. The van der Waals surface area contributed by atoms with E-state index < -0.39 is 0 Å². The highest BCUT2D eigenvalue weighted by molar-refractivity contribution is 8.17. The van der Waals surface area contributed by atoms with Crippen molar-refractivity contribution in [3.63, 3.8) is 0 Å². The average molecular weight is 174 g/mol. The van der Waals surface area contributed by atoms with E-state index >= 15 is 0 Å². The van der Waals surface area contributed by atoms with Crippen LogP contribution < -0.4 is 0 Å². The lowest BCUT2D eigenvalue weighted by molar-refractivity contribution is 0.0716. The van der Waals surface area contributed by atoms with Gasteiger partial charge in [-0.25, -0.2) is 10.9 Å². The smallest absolute Gasteiger partial charge is 0.0854 e. The van der Waals surface area contributed by atoms with Crippen molar-refractivity contribution in [2.75, 3.05) is 18.1 Å². The van der Waals surface area contributed by atoms with E-state index in [1.165, 1.54) is 43.6 Å². The van der Waals surface area contributed by atoms with E-state index in [-0.39, 0.29) is 0 Å². The van der Waals surface area contributed by atoms with Crippen LogP contribution in [0.25, 0.3) is 0 Å². The van der Waals surface area contributed by atoms with Gasteiger partial charge in [0.1, 0.15) is 0 Å². The maximum atomic E-state index is 5.79. The molecule has 0 bridgehead atoms. The SMILES string of the molecule is C1CCC([SH]2CCCC2)OC1. The highest BCUT2D eigenvalue weighted by Crippen LogP contribution is 2.42. The topological polar surface area (TPSA) is 9.23 Å². The molecule has 2 heteroatoms. The van der Waals surface area contributed by atoms with Crippen molar-refractivity contribution in [1.29, 1.82) is 0 Å². The number of thiol groups is 1. The molecule has 66 valence electrons. The first-order valence-corrected chi connectivity index (χ1v) is 6.60. The van der Waals surface area contributed by atoms with Gasteiger partial charge in [-0.2, -0.15) is 0 Å². The second-order valence-electron chi connectivity index (χ2n) is 3.56. The summed E-state index contributed by atoms with van der Waals surface area (Å²) < 4.78 is 5.79.